The van der Waals surface area contributed by atoms with Crippen LogP contribution in [-0.4, -0.2) is 77.9 Å². The minimum atomic E-state index is -1.42. The fourth-order valence-electron chi connectivity index (χ4n) is 3.40. The number of nitrogens with one attached hydrogen (secondary N) is 4. The van der Waals surface area contributed by atoms with E-state index in [2.05, 4.69) is 26.3 Å². The molecule has 1 aliphatic rings. The number of hydrogen-bond donors (Lipinski definition) is 8. The van der Waals surface area contributed by atoms with Crippen molar-refractivity contribution in [1.82, 2.24) is 21.3 Å². The SMILES string of the molecule is CC(C)C(NC(=O)C(CC(N)=O)NC(=O)C(CCCN=C(N)N)NC(=O)C1CCCN1)C(=O)O. The number of carbonyl (C=O) groups excluding carboxylic acids is 4. The summed E-state index contributed by atoms with van der Waals surface area (Å²) in [4.78, 5) is 65.0. The maximum Gasteiger partial charge on any atom is 0.326 e. The topological polar surface area (TPSA) is 244 Å². The molecule has 34 heavy (non-hydrogen) atoms. The van der Waals surface area contributed by atoms with Crippen LogP contribution in [0.25, 0.3) is 0 Å². The van der Waals surface area contributed by atoms with Crippen LogP contribution in [0.5, 0.6) is 0 Å². The Labute approximate surface area is 197 Å². The molecule has 192 valence electrons. The summed E-state index contributed by atoms with van der Waals surface area (Å²) in [6.07, 6.45) is 1.37. The van der Waals surface area contributed by atoms with E-state index in [4.69, 9.17) is 17.2 Å². The van der Waals surface area contributed by atoms with Crippen molar-refractivity contribution in [3.05, 3.63) is 0 Å². The normalized spacial score (nSPS) is 17.8. The number of carboxylic acids is 1. The van der Waals surface area contributed by atoms with Crippen LogP contribution in [0.2, 0.25) is 0 Å². The van der Waals surface area contributed by atoms with Gasteiger partial charge in [-0.1, -0.05) is 13.8 Å². The molecule has 1 fully saturated rings. The Bertz CT molecular complexity index is 777. The zero-order valence-electron chi connectivity index (χ0n) is 19.5. The Morgan fingerprint density at radius 1 is 1.03 bits per heavy atom. The van der Waals surface area contributed by atoms with Gasteiger partial charge in [-0.2, -0.15) is 0 Å². The summed E-state index contributed by atoms with van der Waals surface area (Å²) in [7, 11) is 0. The zero-order chi connectivity index (χ0) is 25.8. The lowest BCUT2D eigenvalue weighted by atomic mass is 10.0. The van der Waals surface area contributed by atoms with Crippen LogP contribution in [0, 0.1) is 5.92 Å². The van der Waals surface area contributed by atoms with E-state index in [9.17, 15) is 29.1 Å². The molecule has 0 aromatic heterocycles. The molecule has 4 unspecified atom stereocenters. The van der Waals surface area contributed by atoms with Crippen LogP contribution < -0.4 is 38.5 Å². The molecular weight excluding hydrogens is 448 g/mol. The standard InChI is InChI=1S/C20H36N8O6/c1-10(2)15(19(33)34)28-18(32)13(9-14(21)29)27-17(31)12(6-4-8-25-20(22)23)26-16(30)11-5-3-7-24-11/h10-13,15,24H,3-9H2,1-2H3,(H2,21,29)(H,26,30)(H,27,31)(H,28,32)(H,33,34)(H4,22,23,25). The monoisotopic (exact) mass is 484 g/mol. The van der Waals surface area contributed by atoms with Crippen molar-refractivity contribution in [3.63, 3.8) is 0 Å². The second kappa shape index (κ2) is 14.0. The maximum atomic E-state index is 13.0. The molecule has 1 saturated heterocycles. The summed E-state index contributed by atoms with van der Waals surface area (Å²) >= 11 is 0. The van der Waals surface area contributed by atoms with Crippen LogP contribution in [0.15, 0.2) is 4.99 Å². The van der Waals surface area contributed by atoms with E-state index < -0.39 is 60.2 Å². The Balaban J connectivity index is 2.96. The van der Waals surface area contributed by atoms with Gasteiger partial charge in [-0.05, 0) is 38.1 Å². The lowest BCUT2D eigenvalue weighted by molar-refractivity contribution is -0.143. The van der Waals surface area contributed by atoms with E-state index >= 15 is 0 Å². The minimum absolute atomic E-state index is 0.114. The van der Waals surface area contributed by atoms with Gasteiger partial charge in [0.25, 0.3) is 0 Å². The van der Waals surface area contributed by atoms with Gasteiger partial charge >= 0.3 is 5.97 Å². The second-order valence-electron chi connectivity index (χ2n) is 8.46. The number of nitrogens with zero attached hydrogens (tertiary/aromatic N) is 1. The van der Waals surface area contributed by atoms with Crippen LogP contribution in [0.4, 0.5) is 0 Å². The smallest absolute Gasteiger partial charge is 0.326 e. The van der Waals surface area contributed by atoms with E-state index in [1.54, 1.807) is 13.8 Å². The largest absolute Gasteiger partial charge is 0.480 e. The Morgan fingerprint density at radius 2 is 1.68 bits per heavy atom. The average Bonchev–Trinajstić information content (AvgIpc) is 3.27. The zero-order valence-corrected chi connectivity index (χ0v) is 19.5. The van der Waals surface area contributed by atoms with Crippen LogP contribution in [0.3, 0.4) is 0 Å². The lowest BCUT2D eigenvalue weighted by Crippen LogP contribution is -2.58. The predicted molar refractivity (Wildman–Crippen MR) is 123 cm³/mol. The van der Waals surface area contributed by atoms with Gasteiger partial charge in [-0.3, -0.25) is 24.2 Å². The molecule has 4 atom stereocenters. The molecule has 0 aromatic rings. The number of hydrogen-bond acceptors (Lipinski definition) is 7. The number of amides is 4. The molecule has 1 rings (SSSR count). The Morgan fingerprint density at radius 3 is 2.18 bits per heavy atom. The molecule has 1 aliphatic heterocycles. The number of aliphatic carboxylic acids is 1. The van der Waals surface area contributed by atoms with Crippen LogP contribution in [-0.2, 0) is 24.0 Å². The van der Waals surface area contributed by atoms with Gasteiger partial charge in [0.15, 0.2) is 5.96 Å². The third-order valence-corrected chi connectivity index (χ3v) is 5.22. The number of aliphatic imine (C=N–C) groups is 1. The number of carboxylic acid groups (broad SMARTS) is 1. The van der Waals surface area contributed by atoms with E-state index in [1.165, 1.54) is 0 Å². The highest BCUT2D eigenvalue weighted by Gasteiger charge is 2.32. The molecule has 1 heterocycles. The summed E-state index contributed by atoms with van der Waals surface area (Å²) in [5.41, 5.74) is 15.8. The predicted octanol–water partition coefficient (Wildman–Crippen LogP) is -3.14. The molecule has 14 heteroatoms. The maximum absolute atomic E-state index is 13.0. The molecule has 11 N–H and O–H groups in total. The van der Waals surface area contributed by atoms with Crippen molar-refractivity contribution >= 4 is 35.6 Å². The first-order valence-corrected chi connectivity index (χ1v) is 11.1. The van der Waals surface area contributed by atoms with Crippen molar-refractivity contribution in [2.24, 2.45) is 28.1 Å². The van der Waals surface area contributed by atoms with Gasteiger partial charge in [-0.15, -0.1) is 0 Å². The molecular formula is C20H36N8O6. The minimum Gasteiger partial charge on any atom is -0.480 e. The van der Waals surface area contributed by atoms with Crippen molar-refractivity contribution in [2.75, 3.05) is 13.1 Å². The van der Waals surface area contributed by atoms with Gasteiger partial charge < -0.3 is 43.6 Å². The highest BCUT2D eigenvalue weighted by Crippen LogP contribution is 2.08. The van der Waals surface area contributed by atoms with Crippen LogP contribution >= 0.6 is 0 Å². The van der Waals surface area contributed by atoms with Gasteiger partial charge in [-0.25, -0.2) is 4.79 Å². The third kappa shape index (κ3) is 10.0. The first-order valence-electron chi connectivity index (χ1n) is 11.1. The van der Waals surface area contributed by atoms with E-state index in [-0.39, 0.29) is 24.8 Å². The molecule has 0 aromatic carbocycles. The van der Waals surface area contributed by atoms with E-state index in [0.29, 0.717) is 19.4 Å². The quantitative estimate of drug-likeness (QED) is 0.0704. The molecule has 14 nitrogen and oxygen atoms in total. The van der Waals surface area contributed by atoms with Gasteiger partial charge in [0.05, 0.1) is 12.5 Å². The number of primary amides is 1. The van der Waals surface area contributed by atoms with E-state index in [0.717, 1.165) is 6.42 Å². The molecule has 0 spiro atoms. The summed E-state index contributed by atoms with van der Waals surface area (Å²) in [6.45, 7) is 4.09. The molecule has 0 radical (unpaired) electrons. The second-order valence-corrected chi connectivity index (χ2v) is 8.46. The Kier molecular flexibility index (Phi) is 11.8. The van der Waals surface area contributed by atoms with Gasteiger partial charge in [0.2, 0.25) is 23.6 Å². The number of nitrogens with two attached hydrogens (primary N) is 3. The number of carbonyl (C=O) groups is 5. The number of rotatable bonds is 14. The summed E-state index contributed by atoms with van der Waals surface area (Å²) < 4.78 is 0. The Hall–Kier alpha value is -3.42. The molecule has 4 amide bonds. The summed E-state index contributed by atoms with van der Waals surface area (Å²) in [6, 6.07) is -4.15. The third-order valence-electron chi connectivity index (χ3n) is 5.22. The first kappa shape index (κ1) is 28.6. The fraction of sp³-hybridized carbons (Fsp3) is 0.700. The lowest BCUT2D eigenvalue weighted by Gasteiger charge is -2.25. The number of guanidine groups is 1. The van der Waals surface area contributed by atoms with Crippen molar-refractivity contribution in [3.8, 4) is 0 Å². The molecule has 0 bridgehead atoms. The van der Waals surface area contributed by atoms with E-state index in [1.807, 2.05) is 0 Å². The summed E-state index contributed by atoms with van der Waals surface area (Å²) in [5, 5.41) is 19.7. The highest BCUT2D eigenvalue weighted by atomic mass is 16.4. The highest BCUT2D eigenvalue weighted by molar-refractivity contribution is 5.96. The summed E-state index contributed by atoms with van der Waals surface area (Å²) in [5.74, 6) is -4.68. The van der Waals surface area contributed by atoms with Crippen molar-refractivity contribution < 1.29 is 29.1 Å². The van der Waals surface area contributed by atoms with Gasteiger partial charge in [0, 0.05) is 6.54 Å². The molecule has 0 saturated carbocycles. The average molecular weight is 485 g/mol. The van der Waals surface area contributed by atoms with Crippen molar-refractivity contribution in [2.45, 2.75) is 70.1 Å². The fourth-order valence-corrected chi connectivity index (χ4v) is 3.40. The van der Waals surface area contributed by atoms with Crippen LogP contribution in [0.1, 0.15) is 46.0 Å². The first-order chi connectivity index (χ1) is 15.9. The molecule has 0 aliphatic carbocycles. The van der Waals surface area contributed by atoms with Gasteiger partial charge in [0.1, 0.15) is 18.1 Å². The van der Waals surface area contributed by atoms with Crippen molar-refractivity contribution in [1.29, 1.82) is 0 Å².